The molecule has 154 valence electrons. The number of ether oxygens (including phenoxy) is 1. The van der Waals surface area contributed by atoms with Gasteiger partial charge in [0.2, 0.25) is 0 Å². The van der Waals surface area contributed by atoms with E-state index in [4.69, 9.17) is 4.74 Å². The average molecular weight is 396 g/mol. The van der Waals surface area contributed by atoms with E-state index in [1.54, 1.807) is 17.3 Å². The molecule has 1 saturated heterocycles. The second-order valence-corrected chi connectivity index (χ2v) is 8.40. The highest BCUT2D eigenvalue weighted by Gasteiger charge is 2.33. The second kappa shape index (κ2) is 8.64. The fraction of sp³-hybridized carbons (Fsp3) is 0.435. The zero-order valence-electron chi connectivity index (χ0n) is 17.6. The van der Waals surface area contributed by atoms with Crippen molar-refractivity contribution in [2.45, 2.75) is 52.2 Å². The second-order valence-electron chi connectivity index (χ2n) is 8.40. The molecule has 1 aliphatic heterocycles. The number of carbonyl (C=O) groups is 2. The lowest BCUT2D eigenvalue weighted by Gasteiger charge is -2.39. The molecule has 6 nitrogen and oxygen atoms in total. The van der Waals surface area contributed by atoms with Crippen LogP contribution in [0, 0.1) is 6.92 Å². The van der Waals surface area contributed by atoms with Crippen LogP contribution >= 0.6 is 0 Å². The van der Waals surface area contributed by atoms with Gasteiger partial charge in [0.05, 0.1) is 5.56 Å². The Bertz CT molecular complexity index is 853. The number of aryl methyl sites for hydroxylation is 1. The predicted octanol–water partition coefficient (Wildman–Crippen LogP) is 4.44. The van der Waals surface area contributed by atoms with Gasteiger partial charge in [-0.15, -0.1) is 0 Å². The van der Waals surface area contributed by atoms with Crippen molar-refractivity contribution in [2.75, 3.05) is 18.0 Å². The quantitative estimate of drug-likeness (QED) is 0.771. The van der Waals surface area contributed by atoms with Gasteiger partial charge in [-0.3, -0.25) is 9.78 Å². The molecule has 0 radical (unpaired) electrons. The van der Waals surface area contributed by atoms with Crippen molar-refractivity contribution in [3.63, 3.8) is 0 Å². The number of aromatic nitrogens is 1. The Balaban J connectivity index is 1.79. The van der Waals surface area contributed by atoms with Gasteiger partial charge in [-0.05, 0) is 64.3 Å². The van der Waals surface area contributed by atoms with Crippen LogP contribution in [0.15, 0.2) is 48.8 Å². The van der Waals surface area contributed by atoms with E-state index in [1.165, 1.54) is 0 Å². The van der Waals surface area contributed by atoms with Crippen LogP contribution in [-0.2, 0) is 4.74 Å². The van der Waals surface area contributed by atoms with Crippen LogP contribution in [0.2, 0.25) is 0 Å². The maximum absolute atomic E-state index is 13.4. The van der Waals surface area contributed by atoms with Crippen molar-refractivity contribution in [3.05, 3.63) is 59.9 Å². The number of hydrogen-bond donors (Lipinski definition) is 0. The summed E-state index contributed by atoms with van der Waals surface area (Å²) in [5.41, 5.74) is 1.84. The number of nitrogens with zero attached hydrogens (tertiary/aromatic N) is 3. The number of piperidine rings is 1. The topological polar surface area (TPSA) is 62.7 Å². The Morgan fingerprint density at radius 2 is 1.76 bits per heavy atom. The first-order valence-corrected chi connectivity index (χ1v) is 10.0. The van der Waals surface area contributed by atoms with Gasteiger partial charge in [-0.1, -0.05) is 18.2 Å². The van der Waals surface area contributed by atoms with Crippen LogP contribution in [0.3, 0.4) is 0 Å². The molecule has 29 heavy (non-hydrogen) atoms. The Labute approximate surface area is 172 Å². The summed E-state index contributed by atoms with van der Waals surface area (Å²) in [6, 6.07) is 11.5. The summed E-state index contributed by atoms with van der Waals surface area (Å²) in [5, 5.41) is 0. The molecule has 1 fully saturated rings. The molecule has 0 N–H and O–H groups in total. The number of para-hydroxylation sites is 1. The van der Waals surface area contributed by atoms with Crippen molar-refractivity contribution in [1.29, 1.82) is 0 Å². The van der Waals surface area contributed by atoms with Gasteiger partial charge in [0.25, 0.3) is 5.91 Å². The summed E-state index contributed by atoms with van der Waals surface area (Å²) in [5.74, 6) is -0.0579. The van der Waals surface area contributed by atoms with Crippen LogP contribution in [0.1, 0.15) is 49.5 Å². The third kappa shape index (κ3) is 5.13. The van der Waals surface area contributed by atoms with Crippen molar-refractivity contribution >= 4 is 17.7 Å². The average Bonchev–Trinajstić information content (AvgIpc) is 2.68. The van der Waals surface area contributed by atoms with Crippen molar-refractivity contribution < 1.29 is 14.3 Å². The minimum absolute atomic E-state index is 0.00296. The maximum Gasteiger partial charge on any atom is 0.410 e. The van der Waals surface area contributed by atoms with E-state index >= 15 is 0 Å². The first-order chi connectivity index (χ1) is 13.8. The number of amides is 2. The first-order valence-electron chi connectivity index (χ1n) is 10.0. The fourth-order valence-electron chi connectivity index (χ4n) is 3.53. The van der Waals surface area contributed by atoms with E-state index in [2.05, 4.69) is 4.98 Å². The van der Waals surface area contributed by atoms with E-state index in [0.29, 0.717) is 31.5 Å². The third-order valence-electron chi connectivity index (χ3n) is 5.00. The maximum atomic E-state index is 13.4. The van der Waals surface area contributed by atoms with E-state index in [0.717, 1.165) is 11.3 Å². The van der Waals surface area contributed by atoms with Gasteiger partial charge in [0.1, 0.15) is 5.60 Å². The molecule has 1 aliphatic rings. The zero-order chi connectivity index (χ0) is 21.0. The first kappa shape index (κ1) is 20.8. The van der Waals surface area contributed by atoms with Gasteiger partial charge in [0.15, 0.2) is 0 Å². The van der Waals surface area contributed by atoms with E-state index in [-0.39, 0.29) is 18.0 Å². The normalized spacial score (nSPS) is 15.1. The summed E-state index contributed by atoms with van der Waals surface area (Å²) in [7, 11) is 0. The number of hydrogen-bond acceptors (Lipinski definition) is 4. The molecule has 0 saturated carbocycles. The molecule has 1 aromatic heterocycles. The Morgan fingerprint density at radius 1 is 1.10 bits per heavy atom. The number of carbonyl (C=O) groups excluding carboxylic acids is 2. The van der Waals surface area contributed by atoms with Crippen LogP contribution in [0.5, 0.6) is 0 Å². The van der Waals surface area contributed by atoms with Crippen LogP contribution in [0.25, 0.3) is 0 Å². The van der Waals surface area contributed by atoms with Crippen LogP contribution in [-0.4, -0.2) is 46.6 Å². The SMILES string of the molecule is Cc1ccncc1C(=O)N(c1ccccc1)C1CCN(C(=O)OC(C)(C)C)CC1. The van der Waals surface area contributed by atoms with Crippen LogP contribution in [0.4, 0.5) is 10.5 Å². The molecule has 1 aromatic carbocycles. The Hall–Kier alpha value is -2.89. The predicted molar refractivity (Wildman–Crippen MR) is 113 cm³/mol. The minimum atomic E-state index is -0.516. The lowest BCUT2D eigenvalue weighted by atomic mass is 10.0. The number of pyridine rings is 1. The molecule has 0 unspecified atom stereocenters. The number of rotatable bonds is 3. The van der Waals surface area contributed by atoms with E-state index in [9.17, 15) is 9.59 Å². The van der Waals surface area contributed by atoms with E-state index < -0.39 is 5.60 Å². The summed E-state index contributed by atoms with van der Waals surface area (Å²) in [4.78, 5) is 33.5. The van der Waals surface area contributed by atoms with Gasteiger partial charge >= 0.3 is 6.09 Å². The largest absolute Gasteiger partial charge is 0.444 e. The molecule has 0 atom stereocenters. The Morgan fingerprint density at radius 3 is 2.34 bits per heavy atom. The molecule has 0 spiro atoms. The highest BCUT2D eigenvalue weighted by atomic mass is 16.6. The highest BCUT2D eigenvalue weighted by Crippen LogP contribution is 2.27. The number of anilines is 1. The van der Waals surface area contributed by atoms with Crippen molar-refractivity contribution in [1.82, 2.24) is 9.88 Å². The molecule has 2 heterocycles. The van der Waals surface area contributed by atoms with E-state index in [1.807, 2.05) is 69.0 Å². The summed E-state index contributed by atoms with van der Waals surface area (Å²) in [6.07, 6.45) is 4.41. The molecule has 2 aromatic rings. The monoisotopic (exact) mass is 395 g/mol. The van der Waals surface area contributed by atoms with Gasteiger partial charge in [-0.2, -0.15) is 0 Å². The third-order valence-corrected chi connectivity index (χ3v) is 5.00. The summed E-state index contributed by atoms with van der Waals surface area (Å²) < 4.78 is 5.49. The Kier molecular flexibility index (Phi) is 6.20. The number of likely N-dealkylation sites (tertiary alicyclic amines) is 1. The molecule has 0 bridgehead atoms. The molecule has 0 aliphatic carbocycles. The van der Waals surface area contributed by atoms with Gasteiger partial charge in [0, 0.05) is 37.2 Å². The van der Waals surface area contributed by atoms with Gasteiger partial charge in [-0.25, -0.2) is 4.79 Å². The van der Waals surface area contributed by atoms with Gasteiger partial charge < -0.3 is 14.5 Å². The molecular weight excluding hydrogens is 366 g/mol. The van der Waals surface area contributed by atoms with Crippen molar-refractivity contribution in [3.8, 4) is 0 Å². The smallest absolute Gasteiger partial charge is 0.410 e. The zero-order valence-corrected chi connectivity index (χ0v) is 17.6. The van der Waals surface area contributed by atoms with Crippen LogP contribution < -0.4 is 4.90 Å². The number of benzene rings is 1. The standard InChI is InChI=1S/C23H29N3O3/c1-17-10-13-24-16-20(17)21(27)26(18-8-6-5-7-9-18)19-11-14-25(15-12-19)22(28)29-23(2,3)4/h5-10,13,16,19H,11-12,14-15H2,1-4H3. The lowest BCUT2D eigenvalue weighted by Crippen LogP contribution is -2.50. The lowest BCUT2D eigenvalue weighted by molar-refractivity contribution is 0.0205. The highest BCUT2D eigenvalue weighted by molar-refractivity contribution is 6.07. The molecule has 2 amide bonds. The molecular formula is C23H29N3O3. The molecule has 6 heteroatoms. The fourth-order valence-corrected chi connectivity index (χ4v) is 3.53. The summed E-state index contributed by atoms with van der Waals surface area (Å²) in [6.45, 7) is 8.63. The van der Waals surface area contributed by atoms with Crippen molar-refractivity contribution in [2.24, 2.45) is 0 Å². The minimum Gasteiger partial charge on any atom is -0.444 e. The molecule has 3 rings (SSSR count). The summed E-state index contributed by atoms with van der Waals surface area (Å²) >= 11 is 0.